The molecule has 1 N–H and O–H groups in total. The monoisotopic (exact) mass is 543 g/mol. The second-order valence-corrected chi connectivity index (χ2v) is 10.6. The van der Waals surface area contributed by atoms with E-state index in [0.29, 0.717) is 18.9 Å². The van der Waals surface area contributed by atoms with Crippen LogP contribution in [0, 0.1) is 5.82 Å². The highest BCUT2D eigenvalue weighted by molar-refractivity contribution is 6.35. The van der Waals surface area contributed by atoms with Gasteiger partial charge in [-0.15, -0.1) is 0 Å². The lowest BCUT2D eigenvalue weighted by molar-refractivity contribution is -0.130. The molecule has 9 nitrogen and oxygen atoms in total. The number of benzene rings is 1. The largest absolute Gasteiger partial charge is 0.507 e. The number of pyridine rings is 1. The summed E-state index contributed by atoms with van der Waals surface area (Å²) in [6.07, 6.45) is 1.26. The average molecular weight is 544 g/mol. The summed E-state index contributed by atoms with van der Waals surface area (Å²) in [6, 6.07) is 3.23. The highest BCUT2D eigenvalue weighted by Gasteiger charge is 2.44. The first-order valence-electron chi connectivity index (χ1n) is 12.7. The van der Waals surface area contributed by atoms with Crippen LogP contribution in [0.2, 0.25) is 5.02 Å². The number of rotatable bonds is 3. The number of anilines is 1. The van der Waals surface area contributed by atoms with Crippen LogP contribution >= 0.6 is 11.6 Å². The molecule has 4 heterocycles. The molecule has 38 heavy (non-hydrogen) atoms. The number of fused-ring (bicyclic) bond motifs is 2. The van der Waals surface area contributed by atoms with Gasteiger partial charge in [0.05, 0.1) is 11.6 Å². The molecule has 0 radical (unpaired) electrons. The molecule has 3 aliphatic heterocycles. The van der Waals surface area contributed by atoms with Gasteiger partial charge in [-0.3, -0.25) is 9.59 Å². The number of phenols is 1. The third kappa shape index (κ3) is 4.35. The van der Waals surface area contributed by atoms with Crippen LogP contribution in [0.5, 0.6) is 11.5 Å². The van der Waals surface area contributed by atoms with E-state index in [4.69, 9.17) is 21.3 Å². The predicted molar refractivity (Wildman–Crippen MR) is 142 cm³/mol. The second kappa shape index (κ2) is 10.1. The Morgan fingerprint density at radius 1 is 1.21 bits per heavy atom. The Balaban J connectivity index is 1.69. The van der Waals surface area contributed by atoms with Crippen molar-refractivity contribution in [1.29, 1.82) is 0 Å². The number of ether oxygens (including phenoxy) is 1. The summed E-state index contributed by atoms with van der Waals surface area (Å²) < 4.78 is 21.2. The van der Waals surface area contributed by atoms with Crippen LogP contribution in [-0.4, -0.2) is 101 Å². The van der Waals surface area contributed by atoms with E-state index in [1.54, 1.807) is 9.80 Å². The van der Waals surface area contributed by atoms with Crippen molar-refractivity contribution in [2.24, 2.45) is 0 Å². The van der Waals surface area contributed by atoms with Gasteiger partial charge >= 0.3 is 0 Å². The predicted octanol–water partition coefficient (Wildman–Crippen LogP) is 3.01. The number of hydrogen-bond donors (Lipinski definition) is 1. The Morgan fingerprint density at radius 2 is 1.97 bits per heavy atom. The van der Waals surface area contributed by atoms with Crippen molar-refractivity contribution in [3.8, 4) is 22.8 Å². The van der Waals surface area contributed by atoms with E-state index < -0.39 is 11.9 Å². The lowest BCUT2D eigenvalue weighted by Gasteiger charge is -2.44. The quantitative estimate of drug-likeness (QED) is 0.595. The summed E-state index contributed by atoms with van der Waals surface area (Å²) in [5, 5.41) is 10.5. The first-order chi connectivity index (χ1) is 18.1. The van der Waals surface area contributed by atoms with Gasteiger partial charge in [-0.2, -0.15) is 0 Å². The minimum atomic E-state index is -0.693. The maximum absolute atomic E-state index is 15.0. The fraction of sp³-hybridized carbons (Fsp3) is 0.444. The lowest BCUT2D eigenvalue weighted by atomic mass is 10.0. The van der Waals surface area contributed by atoms with Gasteiger partial charge in [0.2, 0.25) is 5.91 Å². The number of aromatic hydroxyl groups is 1. The van der Waals surface area contributed by atoms with Gasteiger partial charge in [-0.05, 0) is 39.1 Å². The topological polar surface area (TPSA) is 89.5 Å². The van der Waals surface area contributed by atoms with Crippen LogP contribution in [0.4, 0.5) is 10.2 Å². The second-order valence-electron chi connectivity index (χ2n) is 10.2. The fourth-order valence-corrected chi connectivity index (χ4v) is 6.02. The zero-order chi connectivity index (χ0) is 27.3. The molecule has 1 aromatic carbocycles. The maximum atomic E-state index is 15.0. The van der Waals surface area contributed by atoms with Crippen molar-refractivity contribution < 1.29 is 23.8 Å². The summed E-state index contributed by atoms with van der Waals surface area (Å²) >= 11 is 6.81. The van der Waals surface area contributed by atoms with Gasteiger partial charge in [0.1, 0.15) is 40.3 Å². The van der Waals surface area contributed by atoms with E-state index in [2.05, 4.69) is 11.5 Å². The number of halogens is 2. The number of phenolic OH excluding ortho intramolecular Hbond substituents is 1. The molecule has 2 aromatic rings. The van der Waals surface area contributed by atoms with E-state index in [9.17, 15) is 14.7 Å². The minimum Gasteiger partial charge on any atom is -0.507 e. The Hall–Kier alpha value is -3.37. The normalized spacial score (nSPS) is 23.9. The van der Waals surface area contributed by atoms with Gasteiger partial charge in [0.25, 0.3) is 5.91 Å². The van der Waals surface area contributed by atoms with Crippen molar-refractivity contribution in [3.63, 3.8) is 0 Å². The van der Waals surface area contributed by atoms with Gasteiger partial charge in [0.15, 0.2) is 5.75 Å². The van der Waals surface area contributed by atoms with Crippen LogP contribution in [0.15, 0.2) is 30.9 Å². The van der Waals surface area contributed by atoms with Crippen LogP contribution in [0.1, 0.15) is 24.2 Å². The molecule has 0 saturated carbocycles. The Morgan fingerprint density at radius 3 is 2.66 bits per heavy atom. The van der Waals surface area contributed by atoms with Crippen LogP contribution in [0.25, 0.3) is 11.3 Å². The number of amides is 2. The number of carbonyl (C=O) groups excluding carboxylic acids is 2. The smallest absolute Gasteiger partial charge is 0.262 e. The molecule has 0 aliphatic carbocycles. The van der Waals surface area contributed by atoms with Crippen molar-refractivity contribution in [1.82, 2.24) is 19.7 Å². The third-order valence-corrected chi connectivity index (χ3v) is 7.90. The molecule has 1 aromatic heterocycles. The number of nitrogens with zero attached hydrogens (tertiary/aromatic N) is 5. The van der Waals surface area contributed by atoms with Crippen molar-refractivity contribution in [2.45, 2.75) is 32.0 Å². The molecule has 202 valence electrons. The molecule has 3 atom stereocenters. The molecule has 11 heteroatoms. The molecule has 0 bridgehead atoms. The van der Waals surface area contributed by atoms with Crippen LogP contribution in [-0.2, 0) is 4.79 Å². The van der Waals surface area contributed by atoms with Crippen molar-refractivity contribution in [2.75, 3.05) is 51.3 Å². The number of likely N-dealkylation sites (N-methyl/N-ethyl adjacent to an activating group) is 1. The van der Waals surface area contributed by atoms with Crippen molar-refractivity contribution in [3.05, 3.63) is 47.3 Å². The maximum Gasteiger partial charge on any atom is 0.262 e. The first kappa shape index (κ1) is 26.2. The van der Waals surface area contributed by atoms with Gasteiger partial charge in [-0.1, -0.05) is 24.2 Å². The molecule has 5 rings (SSSR count). The first-order valence-corrected chi connectivity index (χ1v) is 13.0. The zero-order valence-corrected chi connectivity index (χ0v) is 22.4. The summed E-state index contributed by atoms with van der Waals surface area (Å²) in [5.74, 6) is -1.09. The summed E-state index contributed by atoms with van der Waals surface area (Å²) in [7, 11) is 2.02. The van der Waals surface area contributed by atoms with Gasteiger partial charge in [-0.25, -0.2) is 9.37 Å². The molecule has 0 unspecified atom stereocenters. The summed E-state index contributed by atoms with van der Waals surface area (Å²) in [5.41, 5.74) is 0.0626. The molecule has 2 saturated heterocycles. The summed E-state index contributed by atoms with van der Waals surface area (Å²) in [6.45, 7) is 10.3. The molecule has 3 aliphatic rings. The molecule has 2 fully saturated rings. The van der Waals surface area contributed by atoms with Crippen LogP contribution in [0.3, 0.4) is 0 Å². The van der Waals surface area contributed by atoms with E-state index in [-0.39, 0.29) is 70.4 Å². The molecule has 2 amide bonds. The molecular weight excluding hydrogens is 513 g/mol. The Labute approximate surface area is 226 Å². The highest BCUT2D eigenvalue weighted by Crippen LogP contribution is 2.46. The lowest BCUT2D eigenvalue weighted by Crippen LogP contribution is -2.61. The Bertz CT molecular complexity index is 1290. The van der Waals surface area contributed by atoms with Crippen molar-refractivity contribution >= 4 is 29.2 Å². The minimum absolute atomic E-state index is 0.00586. The third-order valence-electron chi connectivity index (χ3n) is 7.55. The summed E-state index contributed by atoms with van der Waals surface area (Å²) in [4.78, 5) is 39.0. The fourth-order valence-electron chi connectivity index (χ4n) is 5.73. The zero-order valence-electron chi connectivity index (χ0n) is 21.7. The van der Waals surface area contributed by atoms with E-state index in [1.807, 2.05) is 25.8 Å². The van der Waals surface area contributed by atoms with E-state index in [1.165, 1.54) is 24.3 Å². The molecular formula is C27H31ClFN5O4. The number of aromatic nitrogens is 1. The number of hydrogen-bond acceptors (Lipinski definition) is 7. The van der Waals surface area contributed by atoms with E-state index >= 15 is 4.39 Å². The standard InChI is InChI=1S/C27H31ClFN5O4/c1-5-20(36)32-12-16(3)34-17(13-32)14-38-25-22(27(34)37)26(33-10-9-31(4)11-15(33)2)30-24(23(25)28)21-18(29)7-6-8-19(21)35/h5-8,15-17,35H,1,9-14H2,2-4H3/t15-,16+,17+/m0/s1. The molecule has 0 spiro atoms. The number of carbonyl (C=O) groups is 2. The van der Waals surface area contributed by atoms with Crippen LogP contribution < -0.4 is 9.64 Å². The van der Waals surface area contributed by atoms with Gasteiger partial charge < -0.3 is 29.4 Å². The SMILES string of the molecule is C=CC(=O)N1C[C@@H]2COc3c(Cl)c(-c4c(O)cccc4F)nc(N4CCN(C)C[C@@H]4C)c3C(=O)N2[C@H](C)C1. The van der Waals surface area contributed by atoms with Gasteiger partial charge in [0, 0.05) is 44.8 Å². The average Bonchev–Trinajstić information content (AvgIpc) is 3.02. The van der Waals surface area contributed by atoms with E-state index in [0.717, 1.165) is 13.1 Å². The Kier molecular flexibility index (Phi) is 6.96. The number of piperazine rings is 2. The highest BCUT2D eigenvalue weighted by atomic mass is 35.5.